The lowest BCUT2D eigenvalue weighted by Crippen LogP contribution is -2.47. The summed E-state index contributed by atoms with van der Waals surface area (Å²) in [6.45, 7) is 0.760. The maximum Gasteiger partial charge on any atom is 0.248 e. The van der Waals surface area contributed by atoms with Crippen molar-refractivity contribution in [2.45, 2.75) is 11.4 Å². The molecule has 8 heteroatoms. The number of fused-ring (bicyclic) bond motifs is 1. The van der Waals surface area contributed by atoms with E-state index in [1.54, 1.807) is 0 Å². The van der Waals surface area contributed by atoms with Gasteiger partial charge in [-0.15, -0.1) is 11.8 Å². The zero-order chi connectivity index (χ0) is 17.5. The van der Waals surface area contributed by atoms with E-state index in [2.05, 4.69) is 16.2 Å². The van der Waals surface area contributed by atoms with Gasteiger partial charge in [-0.2, -0.15) is 0 Å². The van der Waals surface area contributed by atoms with Crippen molar-refractivity contribution in [2.24, 2.45) is 0 Å². The Balaban J connectivity index is 1.35. The van der Waals surface area contributed by atoms with Gasteiger partial charge in [-0.3, -0.25) is 15.6 Å². The molecule has 0 fully saturated rings. The van der Waals surface area contributed by atoms with Crippen molar-refractivity contribution in [3.8, 4) is 11.5 Å². The lowest BCUT2D eigenvalue weighted by molar-refractivity contribution is -0.119. The minimum atomic E-state index is -0.152. The number of amides is 1. The van der Waals surface area contributed by atoms with Gasteiger partial charge in [0, 0.05) is 11.4 Å². The Morgan fingerprint density at radius 1 is 1.08 bits per heavy atom. The summed E-state index contributed by atoms with van der Waals surface area (Å²) in [5, 5.41) is 3.36. The van der Waals surface area contributed by atoms with Crippen molar-refractivity contribution in [3.05, 3.63) is 54.1 Å². The van der Waals surface area contributed by atoms with Crippen LogP contribution in [0, 0.1) is 0 Å². The average Bonchev–Trinajstić information content (AvgIpc) is 3.11. The molecule has 1 aliphatic rings. The summed E-state index contributed by atoms with van der Waals surface area (Å²) in [4.78, 5) is 12.9. The Morgan fingerprint density at radius 2 is 1.88 bits per heavy atom. The Kier molecular flexibility index (Phi) is 5.97. The number of thiocarbonyl (C=S) groups is 1. The van der Waals surface area contributed by atoms with E-state index in [1.165, 1.54) is 11.8 Å². The Morgan fingerprint density at radius 3 is 2.72 bits per heavy atom. The third-order valence-electron chi connectivity index (χ3n) is 3.32. The predicted molar refractivity (Wildman–Crippen MR) is 100 cm³/mol. The first-order chi connectivity index (χ1) is 12.2. The van der Waals surface area contributed by atoms with E-state index < -0.39 is 0 Å². The molecule has 0 atom stereocenters. The summed E-state index contributed by atoms with van der Waals surface area (Å²) < 4.78 is 10.6. The van der Waals surface area contributed by atoms with Gasteiger partial charge in [0.15, 0.2) is 16.6 Å². The maximum atomic E-state index is 11.8. The monoisotopic (exact) mass is 375 g/mol. The largest absolute Gasteiger partial charge is 0.454 e. The van der Waals surface area contributed by atoms with E-state index in [-0.39, 0.29) is 12.7 Å². The fourth-order valence-corrected chi connectivity index (χ4v) is 2.95. The van der Waals surface area contributed by atoms with Crippen molar-refractivity contribution >= 4 is 35.0 Å². The van der Waals surface area contributed by atoms with Crippen molar-refractivity contribution in [3.63, 3.8) is 0 Å². The van der Waals surface area contributed by atoms with Gasteiger partial charge in [-0.25, -0.2) is 0 Å². The predicted octanol–water partition coefficient (Wildman–Crippen LogP) is 2.20. The highest BCUT2D eigenvalue weighted by molar-refractivity contribution is 8.00. The first kappa shape index (κ1) is 17.4. The summed E-state index contributed by atoms with van der Waals surface area (Å²) >= 11 is 6.61. The van der Waals surface area contributed by atoms with E-state index in [9.17, 15) is 4.79 Å². The smallest absolute Gasteiger partial charge is 0.248 e. The van der Waals surface area contributed by atoms with Crippen LogP contribution in [0.15, 0.2) is 53.4 Å². The quantitative estimate of drug-likeness (QED) is 0.420. The molecular formula is C17H17N3O3S2. The number of hydrogen-bond acceptors (Lipinski definition) is 5. The van der Waals surface area contributed by atoms with Gasteiger partial charge in [-0.1, -0.05) is 24.3 Å². The molecule has 0 saturated heterocycles. The molecule has 0 bridgehead atoms. The lowest BCUT2D eigenvalue weighted by atomic mass is 10.2. The minimum Gasteiger partial charge on any atom is -0.454 e. The van der Waals surface area contributed by atoms with Gasteiger partial charge in [0.25, 0.3) is 0 Å². The highest BCUT2D eigenvalue weighted by Crippen LogP contribution is 2.32. The molecule has 1 heterocycles. The first-order valence-corrected chi connectivity index (χ1v) is 8.99. The molecule has 0 aliphatic carbocycles. The Labute approximate surface area is 155 Å². The Hall–Kier alpha value is -2.45. The van der Waals surface area contributed by atoms with Gasteiger partial charge in [0.05, 0.1) is 5.75 Å². The van der Waals surface area contributed by atoms with E-state index >= 15 is 0 Å². The molecule has 3 rings (SSSR count). The summed E-state index contributed by atoms with van der Waals surface area (Å²) in [5.41, 5.74) is 6.26. The number of carbonyl (C=O) groups excluding carboxylic acids is 1. The van der Waals surface area contributed by atoms with Crippen molar-refractivity contribution < 1.29 is 14.3 Å². The van der Waals surface area contributed by atoms with Crippen molar-refractivity contribution in [1.29, 1.82) is 0 Å². The first-order valence-electron chi connectivity index (χ1n) is 7.60. The second-order valence-corrected chi connectivity index (χ2v) is 6.60. The highest BCUT2D eigenvalue weighted by Gasteiger charge is 2.13. The molecule has 0 aromatic heterocycles. The van der Waals surface area contributed by atoms with Crippen LogP contribution in [-0.2, 0) is 11.3 Å². The third kappa shape index (κ3) is 5.27. The molecule has 0 unspecified atom stereocenters. The second kappa shape index (κ2) is 8.59. The van der Waals surface area contributed by atoms with Crippen LogP contribution < -0.4 is 25.6 Å². The summed E-state index contributed by atoms with van der Waals surface area (Å²) in [7, 11) is 0. The number of ether oxygens (including phenoxy) is 2. The minimum absolute atomic E-state index is 0.152. The number of carbonyl (C=O) groups is 1. The van der Waals surface area contributed by atoms with Crippen LogP contribution in [-0.4, -0.2) is 23.6 Å². The van der Waals surface area contributed by atoms with Crippen LogP contribution >= 0.6 is 24.0 Å². The molecule has 1 amide bonds. The number of thioether (sulfide) groups is 1. The Bertz CT molecular complexity index is 756. The number of rotatable bonds is 5. The topological polar surface area (TPSA) is 71.6 Å². The molecule has 25 heavy (non-hydrogen) atoms. The SMILES string of the molecule is O=C(CSc1ccccc1)NNC(=S)NCc1ccc2c(c1)OCO2. The molecule has 1 aliphatic heterocycles. The summed E-state index contributed by atoms with van der Waals surface area (Å²) in [6, 6.07) is 15.4. The number of benzene rings is 2. The van der Waals surface area contributed by atoms with Gasteiger partial charge in [0.1, 0.15) is 0 Å². The van der Waals surface area contributed by atoms with Crippen LogP contribution in [0.25, 0.3) is 0 Å². The van der Waals surface area contributed by atoms with E-state index in [0.717, 1.165) is 22.0 Å². The molecule has 0 spiro atoms. The normalized spacial score (nSPS) is 11.7. The standard InChI is InChI=1S/C17H17N3O3S2/c21-16(10-25-13-4-2-1-3-5-13)19-20-17(24)18-9-12-6-7-14-15(8-12)23-11-22-14/h1-8H,9-11H2,(H,19,21)(H2,18,20,24). The zero-order valence-corrected chi connectivity index (χ0v) is 14.9. The molecule has 0 radical (unpaired) electrons. The molecular weight excluding hydrogens is 358 g/mol. The van der Waals surface area contributed by atoms with E-state index in [4.69, 9.17) is 21.7 Å². The number of nitrogens with one attached hydrogen (secondary N) is 3. The maximum absolute atomic E-state index is 11.8. The second-order valence-electron chi connectivity index (χ2n) is 5.15. The summed E-state index contributed by atoms with van der Waals surface area (Å²) in [6.07, 6.45) is 0. The van der Waals surface area contributed by atoms with E-state index in [0.29, 0.717) is 17.4 Å². The fraction of sp³-hybridized carbons (Fsp3) is 0.176. The van der Waals surface area contributed by atoms with Gasteiger partial charge in [0.2, 0.25) is 12.7 Å². The van der Waals surface area contributed by atoms with Crippen LogP contribution in [0.3, 0.4) is 0 Å². The highest BCUT2D eigenvalue weighted by atomic mass is 32.2. The van der Waals surface area contributed by atoms with Gasteiger partial charge >= 0.3 is 0 Å². The lowest BCUT2D eigenvalue weighted by Gasteiger charge is -2.12. The van der Waals surface area contributed by atoms with Gasteiger partial charge < -0.3 is 14.8 Å². The average molecular weight is 375 g/mol. The van der Waals surface area contributed by atoms with E-state index in [1.807, 2.05) is 48.5 Å². The third-order valence-corrected chi connectivity index (χ3v) is 4.58. The van der Waals surface area contributed by atoms with Crippen molar-refractivity contribution in [1.82, 2.24) is 16.2 Å². The molecule has 6 nitrogen and oxygen atoms in total. The number of hydrogen-bond donors (Lipinski definition) is 3. The van der Waals surface area contributed by atoms with Crippen LogP contribution in [0.5, 0.6) is 11.5 Å². The van der Waals surface area contributed by atoms with Crippen LogP contribution in [0.2, 0.25) is 0 Å². The van der Waals surface area contributed by atoms with Crippen LogP contribution in [0.1, 0.15) is 5.56 Å². The zero-order valence-electron chi connectivity index (χ0n) is 13.3. The molecule has 130 valence electrons. The fourth-order valence-electron chi connectivity index (χ4n) is 2.11. The number of hydrazine groups is 1. The van der Waals surface area contributed by atoms with Crippen molar-refractivity contribution in [2.75, 3.05) is 12.5 Å². The van der Waals surface area contributed by atoms with Crippen LogP contribution in [0.4, 0.5) is 0 Å². The molecule has 2 aromatic carbocycles. The summed E-state index contributed by atoms with van der Waals surface area (Å²) in [5.74, 6) is 1.63. The molecule has 3 N–H and O–H groups in total. The molecule has 0 saturated carbocycles. The molecule has 2 aromatic rings. The van der Waals surface area contributed by atoms with Gasteiger partial charge in [-0.05, 0) is 42.0 Å².